The van der Waals surface area contributed by atoms with Crippen LogP contribution in [0.4, 0.5) is 0 Å². The van der Waals surface area contributed by atoms with Crippen LogP contribution in [0, 0.1) is 11.8 Å². The molecule has 0 aromatic heterocycles. The number of aliphatic hydroxyl groups excluding tert-OH is 7. The summed E-state index contributed by atoms with van der Waals surface area (Å²) in [5.41, 5.74) is 11.6. The number of benzene rings is 2. The topological polar surface area (TPSA) is 422 Å². The van der Waals surface area contributed by atoms with Crippen molar-refractivity contribution in [3.8, 4) is 11.5 Å². The normalized spacial score (nSPS) is 22.4. The summed E-state index contributed by atoms with van der Waals surface area (Å²) in [7, 11) is 0. The molecule has 13 unspecified atom stereocenters. The number of phenols is 1. The number of phenolic OH excluding ortho intramolecular Hbond substituents is 1. The van der Waals surface area contributed by atoms with E-state index in [1.807, 2.05) is 0 Å². The van der Waals surface area contributed by atoms with Crippen LogP contribution in [0.2, 0.25) is 0 Å². The lowest BCUT2D eigenvalue weighted by Gasteiger charge is -2.34. The summed E-state index contributed by atoms with van der Waals surface area (Å²) in [5.74, 6) is -5.04. The van der Waals surface area contributed by atoms with Crippen molar-refractivity contribution >= 4 is 41.4 Å². The summed E-state index contributed by atoms with van der Waals surface area (Å²) >= 11 is 0. The fourth-order valence-corrected chi connectivity index (χ4v) is 11.6. The van der Waals surface area contributed by atoms with E-state index in [0.29, 0.717) is 12.4 Å². The third kappa shape index (κ3) is 19.7. The van der Waals surface area contributed by atoms with Gasteiger partial charge in [0.1, 0.15) is 66.6 Å². The highest BCUT2D eigenvalue weighted by Crippen LogP contribution is 2.33. The van der Waals surface area contributed by atoms with Crippen molar-refractivity contribution in [1.82, 2.24) is 41.3 Å². The van der Waals surface area contributed by atoms with Crippen LogP contribution >= 0.6 is 0 Å². The zero-order chi connectivity index (χ0) is 61.9. The number of hydrogen-bond donors (Lipinski definition) is 15. The number of nitrogens with two attached hydrogens (primary N) is 2. The van der Waals surface area contributed by atoms with Gasteiger partial charge in [-0.25, -0.2) is 0 Å². The van der Waals surface area contributed by atoms with Crippen LogP contribution in [0.1, 0.15) is 113 Å². The van der Waals surface area contributed by atoms with E-state index in [2.05, 4.69) is 31.5 Å². The second-order valence-corrected chi connectivity index (χ2v) is 22.9. The molecule has 0 bridgehead atoms. The number of β-amino-alcohol motifs (C(OH)–C–C–N with tert-alkyl or cyclic N) is 1. The van der Waals surface area contributed by atoms with E-state index < -0.39 is 127 Å². The van der Waals surface area contributed by atoms with Gasteiger partial charge in [-0.15, -0.1) is 0 Å². The lowest BCUT2D eigenvalue weighted by Crippen LogP contribution is -2.63. The molecule has 0 radical (unpaired) electrons. The number of amides is 7. The molecule has 3 heterocycles. The number of carbonyl (C=O) groups is 7. The maximum absolute atomic E-state index is 14.5. The summed E-state index contributed by atoms with van der Waals surface area (Å²) in [6.07, 6.45) is -3.94. The largest absolute Gasteiger partial charge is 0.508 e. The summed E-state index contributed by atoms with van der Waals surface area (Å²) < 4.78 is 11.8. The van der Waals surface area contributed by atoms with Crippen molar-refractivity contribution in [3.63, 3.8) is 0 Å². The van der Waals surface area contributed by atoms with Gasteiger partial charge in [-0.1, -0.05) is 44.2 Å². The first-order valence-corrected chi connectivity index (χ1v) is 29.7. The van der Waals surface area contributed by atoms with Gasteiger partial charge in [-0.3, -0.25) is 38.5 Å². The number of carbonyl (C=O) groups excluding carboxylic acids is 7. The second kappa shape index (κ2) is 33.1. The Morgan fingerprint density at radius 3 is 1.95 bits per heavy atom. The molecular formula is C58H90N10O17. The van der Waals surface area contributed by atoms with Crippen molar-refractivity contribution in [3.05, 3.63) is 59.7 Å². The number of aromatic hydroxyl groups is 1. The number of ether oxygens (including phenoxy) is 2. The summed E-state index contributed by atoms with van der Waals surface area (Å²) in [5, 5.41) is 99.3. The van der Waals surface area contributed by atoms with Gasteiger partial charge in [0.05, 0.1) is 31.0 Å². The molecule has 6 rings (SSSR count). The molecule has 1 aliphatic carbocycles. The number of aliphatic hydroxyl groups is 7. The Hall–Kier alpha value is -6.11. The SMILES string of the molecule is CC(=O)NC(C(=O)NC(C(=O)N1CCC(O)C1C(=O)NC(OCCN)C(O)CC(NC(=O)c1ccc(OCCN2CCC(CC3CCCCC3)CC2)cc1)C(=O)NC(C(=O)N1CCC(O)C1)C(C)O)C(O)CCN)C(O)C(O)c1ccc(O)cc1. The summed E-state index contributed by atoms with van der Waals surface area (Å²) in [4.78, 5) is 102. The fourth-order valence-electron chi connectivity index (χ4n) is 11.6. The monoisotopic (exact) mass is 1200 g/mol. The van der Waals surface area contributed by atoms with Crippen LogP contribution in [0.15, 0.2) is 48.5 Å². The minimum atomic E-state index is -2.07. The van der Waals surface area contributed by atoms with Crippen LogP contribution in [0.3, 0.4) is 0 Å². The first kappa shape index (κ1) is 68.0. The highest BCUT2D eigenvalue weighted by atomic mass is 16.5. The van der Waals surface area contributed by atoms with Crippen LogP contribution < -0.4 is 42.8 Å². The third-order valence-corrected chi connectivity index (χ3v) is 16.4. The predicted molar refractivity (Wildman–Crippen MR) is 306 cm³/mol. The van der Waals surface area contributed by atoms with E-state index in [9.17, 15) is 74.4 Å². The lowest BCUT2D eigenvalue weighted by molar-refractivity contribution is -0.149. The lowest BCUT2D eigenvalue weighted by atomic mass is 9.80. The van der Waals surface area contributed by atoms with Gasteiger partial charge in [0.15, 0.2) is 6.23 Å². The van der Waals surface area contributed by atoms with E-state index in [1.165, 1.54) is 99.6 Å². The number of nitrogens with zero attached hydrogens (tertiary/aromatic N) is 3. The average Bonchev–Trinajstić information content (AvgIpc) is 3.24. The minimum Gasteiger partial charge on any atom is -0.508 e. The number of piperidine rings is 1. The van der Waals surface area contributed by atoms with Gasteiger partial charge in [-0.05, 0) is 119 Å². The Kier molecular flexibility index (Phi) is 26.5. The highest BCUT2D eigenvalue weighted by Gasteiger charge is 2.47. The Morgan fingerprint density at radius 2 is 1.34 bits per heavy atom. The molecular weight excluding hydrogens is 1110 g/mol. The zero-order valence-electron chi connectivity index (χ0n) is 48.6. The standard InChI is InChI=1S/C58H90N10O17/c1-33(69)46(57(82)67-25-19-40(72)32-67)63-53(79)42(62-52(78)38-10-14-41(15-11-38)84-29-27-66-23-17-36(18-24-66)30-35-6-4-3-5-7-35)31-45(75)56(85-28-22-60)65-55(81)49-44(74)20-26-68(49)58(83)47(43(73)16-21-59)64-54(80)48(61-34(2)70)51(77)50(76)37-8-12-39(71)13-9-37/h8-15,33,35-36,40,42-51,56,69,71-77H,3-7,16-32,59-60H2,1-2H3,(H,61,70)(H,62,78)(H,63,79)(H,64,80)(H,65,81). The highest BCUT2D eigenvalue weighted by molar-refractivity contribution is 5.99. The van der Waals surface area contributed by atoms with E-state index in [4.69, 9.17) is 20.9 Å². The molecule has 7 amide bonds. The summed E-state index contributed by atoms with van der Waals surface area (Å²) in [6, 6.07) is 2.04. The molecule has 1 saturated carbocycles. The molecule has 27 heteroatoms. The van der Waals surface area contributed by atoms with Crippen molar-refractivity contribution in [2.45, 2.75) is 170 Å². The van der Waals surface area contributed by atoms with Crippen LogP contribution in [0.5, 0.6) is 11.5 Å². The minimum absolute atomic E-state index is 0.0326. The maximum Gasteiger partial charge on any atom is 0.251 e. The predicted octanol–water partition coefficient (Wildman–Crippen LogP) is -3.07. The molecule has 27 nitrogen and oxygen atoms in total. The molecule has 0 spiro atoms. The number of hydrogen-bond acceptors (Lipinski definition) is 20. The number of likely N-dealkylation sites (tertiary alicyclic amines) is 3. The average molecular weight is 1200 g/mol. The smallest absolute Gasteiger partial charge is 0.251 e. The maximum atomic E-state index is 14.5. The van der Waals surface area contributed by atoms with Gasteiger partial charge in [0.2, 0.25) is 35.4 Å². The van der Waals surface area contributed by atoms with Crippen LogP contribution in [-0.4, -0.2) is 236 Å². The number of nitrogens with one attached hydrogen (secondary N) is 5. The van der Waals surface area contributed by atoms with E-state index in [-0.39, 0.29) is 75.5 Å². The zero-order valence-corrected chi connectivity index (χ0v) is 48.6. The first-order valence-electron chi connectivity index (χ1n) is 29.7. The number of rotatable bonds is 30. The van der Waals surface area contributed by atoms with E-state index >= 15 is 0 Å². The first-order chi connectivity index (χ1) is 40.6. The molecule has 2 aromatic carbocycles. The van der Waals surface area contributed by atoms with Gasteiger partial charge in [0.25, 0.3) is 5.91 Å². The van der Waals surface area contributed by atoms with Gasteiger partial charge in [-0.2, -0.15) is 0 Å². The molecule has 3 aliphatic heterocycles. The van der Waals surface area contributed by atoms with Crippen LogP contribution in [-0.2, 0) is 33.5 Å². The van der Waals surface area contributed by atoms with E-state index in [0.717, 1.165) is 43.3 Å². The van der Waals surface area contributed by atoms with Gasteiger partial charge >= 0.3 is 0 Å². The van der Waals surface area contributed by atoms with Crippen molar-refractivity contribution < 1.29 is 83.9 Å². The molecule has 474 valence electrons. The molecule has 85 heavy (non-hydrogen) atoms. The fraction of sp³-hybridized carbons (Fsp3) is 0.672. The van der Waals surface area contributed by atoms with Crippen molar-refractivity contribution in [2.75, 3.05) is 65.6 Å². The van der Waals surface area contributed by atoms with Crippen molar-refractivity contribution in [2.24, 2.45) is 23.3 Å². The molecule has 17 N–H and O–H groups in total. The Bertz CT molecular complexity index is 2480. The third-order valence-electron chi connectivity index (χ3n) is 16.4. The van der Waals surface area contributed by atoms with Crippen LogP contribution in [0.25, 0.3) is 0 Å². The molecule has 13 atom stereocenters. The quantitative estimate of drug-likeness (QED) is 0.0345. The summed E-state index contributed by atoms with van der Waals surface area (Å²) in [6.45, 7) is 4.46. The van der Waals surface area contributed by atoms with Gasteiger partial charge < -0.3 is 98.2 Å². The van der Waals surface area contributed by atoms with E-state index in [1.54, 1.807) is 12.1 Å². The van der Waals surface area contributed by atoms with Crippen molar-refractivity contribution in [1.29, 1.82) is 0 Å². The van der Waals surface area contributed by atoms with Gasteiger partial charge in [0, 0.05) is 51.6 Å². The molecule has 2 aromatic rings. The Balaban J connectivity index is 1.16. The Morgan fingerprint density at radius 1 is 0.682 bits per heavy atom. The molecule has 4 aliphatic rings. The Labute approximate surface area is 495 Å². The molecule has 3 saturated heterocycles. The molecule has 4 fully saturated rings. The second-order valence-electron chi connectivity index (χ2n) is 22.9.